The fourth-order valence-corrected chi connectivity index (χ4v) is 3.94. The number of carbonyl (C=O) groups is 4. The molecular formula is C25H35N7O6. The highest BCUT2D eigenvalue weighted by molar-refractivity contribution is 6.06. The third kappa shape index (κ3) is 7.98. The summed E-state index contributed by atoms with van der Waals surface area (Å²) in [7, 11) is 0. The van der Waals surface area contributed by atoms with Crippen LogP contribution >= 0.6 is 0 Å². The quantitative estimate of drug-likeness (QED) is 0.432. The summed E-state index contributed by atoms with van der Waals surface area (Å²) in [5.41, 5.74) is -0.166. The van der Waals surface area contributed by atoms with E-state index >= 15 is 0 Å². The fourth-order valence-electron chi connectivity index (χ4n) is 3.94. The first-order valence-corrected chi connectivity index (χ1v) is 12.4. The third-order valence-electron chi connectivity index (χ3n) is 5.37. The summed E-state index contributed by atoms with van der Waals surface area (Å²) in [6, 6.07) is 5.10. The molecule has 1 aliphatic heterocycles. The van der Waals surface area contributed by atoms with Crippen molar-refractivity contribution in [2.24, 2.45) is 0 Å². The number of benzene rings is 1. The zero-order valence-electron chi connectivity index (χ0n) is 22.5. The van der Waals surface area contributed by atoms with Crippen LogP contribution < -0.4 is 15.5 Å². The molecular weight excluding hydrogens is 494 g/mol. The SMILES string of the molecule is CC(C)(C)OC(=O)CC[C@@H](NC(=O)OC(C)(C)C)C(=O)N1c2ccccc2C[C@H]1C(=O)NCc1nn[nH]n1. The first-order valence-electron chi connectivity index (χ1n) is 12.4. The van der Waals surface area contributed by atoms with Gasteiger partial charge in [0.1, 0.15) is 23.3 Å². The number of rotatable bonds is 8. The van der Waals surface area contributed by atoms with Crippen LogP contribution in [-0.4, -0.2) is 67.8 Å². The molecule has 0 bridgehead atoms. The molecule has 13 heteroatoms. The van der Waals surface area contributed by atoms with E-state index in [9.17, 15) is 19.2 Å². The van der Waals surface area contributed by atoms with Crippen molar-refractivity contribution in [1.29, 1.82) is 0 Å². The van der Waals surface area contributed by atoms with Crippen LogP contribution in [0.5, 0.6) is 0 Å². The number of H-pyrrole nitrogens is 1. The number of nitrogens with zero attached hydrogens (tertiary/aromatic N) is 4. The monoisotopic (exact) mass is 529 g/mol. The van der Waals surface area contributed by atoms with E-state index in [0.717, 1.165) is 5.56 Å². The summed E-state index contributed by atoms with van der Waals surface area (Å²) >= 11 is 0. The van der Waals surface area contributed by atoms with Gasteiger partial charge in [-0.3, -0.25) is 19.3 Å². The largest absolute Gasteiger partial charge is 0.460 e. The van der Waals surface area contributed by atoms with E-state index in [0.29, 0.717) is 5.69 Å². The average molecular weight is 530 g/mol. The third-order valence-corrected chi connectivity index (χ3v) is 5.37. The van der Waals surface area contributed by atoms with Crippen molar-refractivity contribution in [3.63, 3.8) is 0 Å². The van der Waals surface area contributed by atoms with Crippen LogP contribution in [0, 0.1) is 0 Å². The highest BCUT2D eigenvalue weighted by Gasteiger charge is 2.41. The first kappa shape index (κ1) is 28.5. The summed E-state index contributed by atoms with van der Waals surface area (Å²) in [4.78, 5) is 53.5. The van der Waals surface area contributed by atoms with Crippen LogP contribution in [0.2, 0.25) is 0 Å². The zero-order valence-corrected chi connectivity index (χ0v) is 22.5. The highest BCUT2D eigenvalue weighted by Crippen LogP contribution is 2.33. The van der Waals surface area contributed by atoms with Crippen LogP contribution in [0.3, 0.4) is 0 Å². The second-order valence-electron chi connectivity index (χ2n) is 10.9. The number of aromatic amines is 1. The molecule has 0 aliphatic carbocycles. The molecule has 0 saturated heterocycles. The molecule has 1 aromatic heterocycles. The first-order chi connectivity index (χ1) is 17.7. The predicted molar refractivity (Wildman–Crippen MR) is 136 cm³/mol. The van der Waals surface area contributed by atoms with E-state index in [4.69, 9.17) is 9.47 Å². The maximum Gasteiger partial charge on any atom is 0.408 e. The van der Waals surface area contributed by atoms with Crippen LogP contribution in [0.25, 0.3) is 0 Å². The number of hydrogen-bond donors (Lipinski definition) is 3. The van der Waals surface area contributed by atoms with Gasteiger partial charge in [0, 0.05) is 18.5 Å². The van der Waals surface area contributed by atoms with Gasteiger partial charge >= 0.3 is 12.1 Å². The maximum absolute atomic E-state index is 13.9. The van der Waals surface area contributed by atoms with Gasteiger partial charge in [-0.2, -0.15) is 5.21 Å². The Bertz CT molecular complexity index is 1150. The summed E-state index contributed by atoms with van der Waals surface area (Å²) in [6.07, 6.45) is -0.729. The molecule has 0 spiro atoms. The molecule has 206 valence electrons. The van der Waals surface area contributed by atoms with Gasteiger partial charge in [0.15, 0.2) is 5.82 Å². The minimum Gasteiger partial charge on any atom is -0.460 e. The number of aromatic nitrogens is 4. The molecule has 0 unspecified atom stereocenters. The van der Waals surface area contributed by atoms with Gasteiger partial charge in [0.25, 0.3) is 0 Å². The Morgan fingerprint density at radius 1 is 1.08 bits per heavy atom. The highest BCUT2D eigenvalue weighted by atomic mass is 16.6. The smallest absolute Gasteiger partial charge is 0.408 e. The lowest BCUT2D eigenvalue weighted by Crippen LogP contribution is -2.55. The summed E-state index contributed by atoms with van der Waals surface area (Å²) in [5, 5.41) is 18.7. The van der Waals surface area contributed by atoms with Crippen molar-refractivity contribution in [3.8, 4) is 0 Å². The van der Waals surface area contributed by atoms with E-state index in [1.807, 2.05) is 12.1 Å². The van der Waals surface area contributed by atoms with Crippen LogP contribution in [0.15, 0.2) is 24.3 Å². The Kier molecular flexibility index (Phi) is 8.69. The lowest BCUT2D eigenvalue weighted by atomic mass is 10.1. The second-order valence-corrected chi connectivity index (χ2v) is 10.9. The lowest BCUT2D eigenvalue weighted by molar-refractivity contribution is -0.155. The molecule has 3 amide bonds. The molecule has 1 aliphatic rings. The Morgan fingerprint density at radius 3 is 2.39 bits per heavy atom. The number of anilines is 1. The molecule has 0 radical (unpaired) electrons. The molecule has 0 saturated carbocycles. The molecule has 13 nitrogen and oxygen atoms in total. The number of fused-ring (bicyclic) bond motifs is 1. The number of ether oxygens (including phenoxy) is 2. The maximum atomic E-state index is 13.9. The number of hydrogen-bond acceptors (Lipinski definition) is 9. The number of amides is 3. The van der Waals surface area contributed by atoms with Crippen LogP contribution in [0.1, 0.15) is 65.8 Å². The number of carbonyl (C=O) groups excluding carboxylic acids is 4. The number of alkyl carbamates (subject to hydrolysis) is 1. The Hall–Kier alpha value is -4.03. The van der Waals surface area contributed by atoms with Crippen molar-refractivity contribution < 1.29 is 28.7 Å². The van der Waals surface area contributed by atoms with Gasteiger partial charge in [-0.15, -0.1) is 10.2 Å². The zero-order chi connectivity index (χ0) is 28.1. The second kappa shape index (κ2) is 11.6. The minimum absolute atomic E-state index is 0.0163. The summed E-state index contributed by atoms with van der Waals surface area (Å²) < 4.78 is 10.7. The Balaban J connectivity index is 1.84. The lowest BCUT2D eigenvalue weighted by Gasteiger charge is -2.30. The number of para-hydroxylation sites is 1. The van der Waals surface area contributed by atoms with E-state index < -0.39 is 47.2 Å². The minimum atomic E-state index is -1.16. The molecule has 2 aromatic rings. The van der Waals surface area contributed by atoms with Crippen molar-refractivity contribution in [2.45, 2.75) is 90.6 Å². The Morgan fingerprint density at radius 2 is 1.76 bits per heavy atom. The topological polar surface area (TPSA) is 168 Å². The van der Waals surface area contributed by atoms with Gasteiger partial charge in [0.2, 0.25) is 11.8 Å². The van der Waals surface area contributed by atoms with Gasteiger partial charge < -0.3 is 20.1 Å². The van der Waals surface area contributed by atoms with E-state index in [2.05, 4.69) is 31.3 Å². The van der Waals surface area contributed by atoms with Crippen molar-refractivity contribution in [2.75, 3.05) is 4.90 Å². The number of nitrogens with one attached hydrogen (secondary N) is 3. The van der Waals surface area contributed by atoms with Crippen molar-refractivity contribution >= 4 is 29.6 Å². The predicted octanol–water partition coefficient (Wildman–Crippen LogP) is 1.79. The van der Waals surface area contributed by atoms with Crippen LogP contribution in [0.4, 0.5) is 10.5 Å². The van der Waals surface area contributed by atoms with E-state index in [1.54, 1.807) is 53.7 Å². The van der Waals surface area contributed by atoms with Crippen molar-refractivity contribution in [1.82, 2.24) is 31.3 Å². The normalized spacial score (nSPS) is 15.8. The van der Waals surface area contributed by atoms with Gasteiger partial charge in [-0.25, -0.2) is 4.79 Å². The number of tetrazole rings is 1. The summed E-state index contributed by atoms with van der Waals surface area (Å²) in [5.74, 6) is -1.21. The van der Waals surface area contributed by atoms with Crippen molar-refractivity contribution in [3.05, 3.63) is 35.7 Å². The molecule has 2 heterocycles. The molecule has 2 atom stereocenters. The summed E-state index contributed by atoms with van der Waals surface area (Å²) in [6.45, 7) is 10.3. The van der Waals surface area contributed by atoms with E-state index in [1.165, 1.54) is 4.90 Å². The van der Waals surface area contributed by atoms with Gasteiger partial charge in [-0.1, -0.05) is 23.4 Å². The standard InChI is InChI=1S/C25H35N7O6/c1-24(2,3)37-20(33)12-11-16(27-23(36)38-25(4,5)6)22(35)32-17-10-8-7-9-15(17)13-18(32)21(34)26-14-19-28-30-31-29-19/h7-10,16,18H,11-14H2,1-6H3,(H,26,34)(H,27,36)(H,28,29,30,31)/t16-,18+/m1/s1. The number of esters is 1. The molecule has 38 heavy (non-hydrogen) atoms. The average Bonchev–Trinajstić information content (AvgIpc) is 3.45. The molecule has 3 rings (SSSR count). The van der Waals surface area contributed by atoms with Crippen LogP contribution in [-0.2, 0) is 36.8 Å². The van der Waals surface area contributed by atoms with Gasteiger partial charge in [0.05, 0.1) is 6.54 Å². The molecule has 0 fully saturated rings. The fraction of sp³-hybridized carbons (Fsp3) is 0.560. The Labute approximate surface area is 221 Å². The van der Waals surface area contributed by atoms with E-state index in [-0.39, 0.29) is 31.6 Å². The molecule has 1 aromatic carbocycles. The molecule has 3 N–H and O–H groups in total. The van der Waals surface area contributed by atoms with Gasteiger partial charge in [-0.05, 0) is 59.6 Å².